The van der Waals surface area contributed by atoms with Gasteiger partial charge >= 0.3 is 0 Å². The molecule has 0 saturated carbocycles. The zero-order valence-corrected chi connectivity index (χ0v) is 19.6. The van der Waals surface area contributed by atoms with Crippen molar-refractivity contribution in [2.75, 3.05) is 0 Å². The third kappa shape index (κ3) is 3.18. The van der Waals surface area contributed by atoms with Crippen LogP contribution >= 0.6 is 0 Å². The molecule has 0 aliphatic heterocycles. The van der Waals surface area contributed by atoms with Gasteiger partial charge in [-0.15, -0.1) is 12.3 Å². The van der Waals surface area contributed by atoms with E-state index in [2.05, 4.69) is 42.9 Å². The molecule has 1 nitrogen and oxygen atoms in total. The number of benzene rings is 1. The number of nitrogens with zero attached hydrogens (tertiary/aromatic N) is 1. The highest BCUT2D eigenvalue weighted by atomic mass is 14.9. The number of hydrogen-bond donors (Lipinski definition) is 0. The second kappa shape index (κ2) is 8.80. The highest BCUT2D eigenvalue weighted by molar-refractivity contribution is 7.47. The average molecular weight is 404 g/mol. The Hall–Kier alpha value is -1.73. The van der Waals surface area contributed by atoms with Crippen LogP contribution in [0.15, 0.2) is 0 Å². The summed E-state index contributed by atoms with van der Waals surface area (Å²) in [5.74, 6) is 7.84. The minimum absolute atomic E-state index is 0.292. The van der Waals surface area contributed by atoms with Crippen LogP contribution in [0.5, 0.6) is 0 Å². The van der Waals surface area contributed by atoms with Gasteiger partial charge in [-0.25, -0.2) is 0 Å². The zero-order chi connectivity index (χ0) is 24.4. The number of aromatic nitrogens is 1. The number of terminal acetylenes is 1. The second-order valence-corrected chi connectivity index (χ2v) is 9.08. The predicted molar refractivity (Wildman–Crippen MR) is 151 cm³/mol. The van der Waals surface area contributed by atoms with E-state index in [0.29, 0.717) is 0 Å². The molecule has 2 aromatic heterocycles. The van der Waals surface area contributed by atoms with Crippen LogP contribution in [0.1, 0.15) is 57.8 Å². The number of fused-ring (bicyclic) bond motifs is 3. The van der Waals surface area contributed by atoms with Gasteiger partial charge in [0.1, 0.15) is 0 Å². The third-order valence-corrected chi connectivity index (χ3v) is 7.61. The van der Waals surface area contributed by atoms with Gasteiger partial charge in [0.05, 0.1) is 32.6 Å². The Morgan fingerprint density at radius 2 is 1.70 bits per heavy atom. The van der Waals surface area contributed by atoms with Crippen molar-refractivity contribution in [3.05, 3.63) is 39.2 Å². The van der Waals surface area contributed by atoms with Gasteiger partial charge in [-0.05, 0) is 50.2 Å². The van der Waals surface area contributed by atoms with Crippen molar-refractivity contribution < 1.29 is 0 Å². The van der Waals surface area contributed by atoms with Gasteiger partial charge in [0.2, 0.25) is 0 Å². The first kappa shape index (κ1) is 24.4. The van der Waals surface area contributed by atoms with Gasteiger partial charge in [0.25, 0.3) is 0 Å². The van der Waals surface area contributed by atoms with E-state index in [4.69, 9.17) is 53.0 Å². The molecule has 4 unspecified atom stereocenters. The van der Waals surface area contributed by atoms with Crippen molar-refractivity contribution in [3.63, 3.8) is 0 Å². The van der Waals surface area contributed by atoms with E-state index in [1.54, 1.807) is 14.1 Å². The van der Waals surface area contributed by atoms with Gasteiger partial charge < -0.3 is 4.40 Å². The summed E-state index contributed by atoms with van der Waals surface area (Å²) in [4.78, 5) is 0. The molecule has 0 spiro atoms. The van der Waals surface area contributed by atoms with Gasteiger partial charge in [-0.1, -0.05) is 29.3 Å². The molecule has 4 rings (SSSR count). The Balaban J connectivity index is 2.34. The average Bonchev–Trinajstić information content (AvgIpc) is 3.25. The van der Waals surface area contributed by atoms with E-state index in [9.17, 15) is 0 Å². The lowest BCUT2D eigenvalue weighted by Gasteiger charge is -2.48. The minimum atomic E-state index is -0.706. The lowest BCUT2D eigenvalue weighted by Crippen LogP contribution is -2.47. The fourth-order valence-electron chi connectivity index (χ4n) is 6.13. The quantitative estimate of drug-likeness (QED) is 0.450. The van der Waals surface area contributed by atoms with Crippen LogP contribution in [-0.4, -0.2) is 78.2 Å². The lowest BCUT2D eigenvalue weighted by atomic mass is 8.96. The molecule has 3 aromatic rings. The first-order chi connectivity index (χ1) is 15.7. The molecule has 140 valence electrons. The van der Waals surface area contributed by atoms with Crippen LogP contribution in [0.3, 0.4) is 0 Å². The first-order valence-electron chi connectivity index (χ1n) is 11.1. The molecule has 33 heavy (non-hydrogen) atoms. The van der Waals surface area contributed by atoms with E-state index >= 15 is 0 Å². The smallest absolute Gasteiger partial charge is 0.0777 e. The second-order valence-electron chi connectivity index (χ2n) is 9.08. The monoisotopic (exact) mass is 405 g/mol. The summed E-state index contributed by atoms with van der Waals surface area (Å²) in [7, 11) is 41.3. The Morgan fingerprint density at radius 1 is 1.03 bits per heavy atom. The third-order valence-electron chi connectivity index (χ3n) is 7.61. The van der Waals surface area contributed by atoms with Crippen molar-refractivity contribution in [2.45, 2.75) is 51.0 Å². The van der Waals surface area contributed by atoms with Crippen molar-refractivity contribution in [1.29, 1.82) is 0 Å². The normalized spacial score (nSPS) is 21.8. The van der Waals surface area contributed by atoms with E-state index in [-0.39, 0.29) is 17.5 Å². The molecular formula is C22H17B10N. The van der Waals surface area contributed by atoms with Crippen LogP contribution in [0.4, 0.5) is 0 Å². The molecule has 0 fully saturated rings. The highest BCUT2D eigenvalue weighted by Crippen LogP contribution is 2.57. The van der Waals surface area contributed by atoms with Gasteiger partial charge in [-0.2, -0.15) is 0 Å². The summed E-state index contributed by atoms with van der Waals surface area (Å²) >= 11 is 0. The molecule has 1 aromatic carbocycles. The SMILES string of the molecule is [B][B]B([B])C1c2c(n3c(C)c(C)c4c(C)c(C#C)c(C#CC)c2c43)C([B])C([B][B])C1B([B])[B]. The number of aryl methyl sites for hydroxylation is 3. The van der Waals surface area contributed by atoms with Crippen LogP contribution in [-0.2, 0) is 0 Å². The fourth-order valence-corrected chi connectivity index (χ4v) is 6.13. The molecule has 14 radical (unpaired) electrons. The Morgan fingerprint density at radius 3 is 2.21 bits per heavy atom. The molecule has 1 aliphatic rings. The summed E-state index contributed by atoms with van der Waals surface area (Å²) in [5, 5.41) is 2.08. The van der Waals surface area contributed by atoms with E-state index < -0.39 is 18.8 Å². The predicted octanol–water partition coefficient (Wildman–Crippen LogP) is 0.870. The number of hydrogen-bond acceptors (Lipinski definition) is 0. The number of rotatable bonds is 4. The Labute approximate surface area is 208 Å². The molecule has 0 bridgehead atoms. The van der Waals surface area contributed by atoms with E-state index in [1.165, 1.54) is 7.06 Å². The van der Waals surface area contributed by atoms with E-state index in [1.807, 2.05) is 0 Å². The van der Waals surface area contributed by atoms with Gasteiger partial charge in [0, 0.05) is 80.0 Å². The summed E-state index contributed by atoms with van der Waals surface area (Å²) in [6.07, 6.45) is 6.03. The molecular weight excluding hydrogens is 386 g/mol. The first-order valence-corrected chi connectivity index (χ1v) is 11.1. The summed E-state index contributed by atoms with van der Waals surface area (Å²) in [6.45, 7) is 6.82. The Kier molecular flexibility index (Phi) is 6.51. The van der Waals surface area contributed by atoms with Crippen LogP contribution in [0, 0.1) is 45.0 Å². The largest absolute Gasteiger partial charge is 0.317 e. The highest BCUT2D eigenvalue weighted by Gasteiger charge is 2.46. The maximum absolute atomic E-state index is 6.91. The van der Waals surface area contributed by atoms with Crippen molar-refractivity contribution in [2.24, 2.45) is 0 Å². The van der Waals surface area contributed by atoms with Crippen molar-refractivity contribution in [3.8, 4) is 24.2 Å². The molecule has 0 N–H and O–H groups in total. The van der Waals surface area contributed by atoms with Crippen LogP contribution in [0.2, 0.25) is 11.6 Å². The fraction of sp³-hybridized carbons (Fsp3) is 0.364. The minimum Gasteiger partial charge on any atom is -0.317 e. The maximum atomic E-state index is 6.91. The van der Waals surface area contributed by atoms with Gasteiger partial charge in [-0.3, -0.25) is 0 Å². The van der Waals surface area contributed by atoms with Gasteiger partial charge in [0.15, 0.2) is 0 Å². The molecule has 2 heterocycles. The Bertz CT molecular complexity index is 1340. The standard InChI is InChI=1S/C22H17B10N/c1-6-8-13-12(7-2)10(4)14-9(3)11(5)33-21(14)15(13)16-19(32(28)30-25)20(31(26)27)18(29-24)17(23)22(16)33/h2,17-20H,1,3-5H3. The van der Waals surface area contributed by atoms with Crippen molar-refractivity contribution >= 4 is 90.0 Å². The summed E-state index contributed by atoms with van der Waals surface area (Å²) in [6, 6.07) is 0. The molecule has 0 saturated heterocycles. The summed E-state index contributed by atoms with van der Waals surface area (Å²) in [5.41, 5.74) is 7.83. The van der Waals surface area contributed by atoms with E-state index in [0.717, 1.165) is 55.5 Å². The molecule has 11 heteroatoms. The molecule has 0 amide bonds. The van der Waals surface area contributed by atoms with Crippen LogP contribution in [0.25, 0.3) is 16.3 Å². The zero-order valence-electron chi connectivity index (χ0n) is 19.6. The lowest BCUT2D eigenvalue weighted by molar-refractivity contribution is 0.624. The maximum Gasteiger partial charge on any atom is 0.0777 e. The topological polar surface area (TPSA) is 4.41 Å². The molecule has 1 aliphatic carbocycles. The van der Waals surface area contributed by atoms with Crippen molar-refractivity contribution in [1.82, 2.24) is 4.40 Å². The van der Waals surface area contributed by atoms with Crippen LogP contribution < -0.4 is 0 Å². The summed E-state index contributed by atoms with van der Waals surface area (Å²) < 4.78 is 2.24. The molecule has 4 atom stereocenters.